The minimum absolute atomic E-state index is 0.107. The van der Waals surface area contributed by atoms with Crippen LogP contribution in [0.25, 0.3) is 0 Å². The van der Waals surface area contributed by atoms with Crippen LogP contribution in [0.4, 0.5) is 11.4 Å². The van der Waals surface area contributed by atoms with E-state index in [1.54, 1.807) is 20.2 Å². The van der Waals surface area contributed by atoms with E-state index < -0.39 is 5.41 Å². The molecule has 1 fully saturated rings. The summed E-state index contributed by atoms with van der Waals surface area (Å²) in [5.41, 5.74) is 7.21. The normalized spacial score (nSPS) is 14.9. The number of carbonyl (C=O) groups excluding carboxylic acids is 1. The fraction of sp³-hybridized carbons (Fsp3) is 0.350. The van der Waals surface area contributed by atoms with Gasteiger partial charge in [-0.3, -0.25) is 0 Å². The van der Waals surface area contributed by atoms with Gasteiger partial charge in [0, 0.05) is 23.7 Å². The van der Waals surface area contributed by atoms with Crippen molar-refractivity contribution in [1.82, 2.24) is 0 Å². The average Bonchev–Trinajstić information content (AvgIpc) is 3.12. The summed E-state index contributed by atoms with van der Waals surface area (Å²) in [4.78, 5) is 12.3. The number of hydrogen-bond acceptors (Lipinski definition) is 6. The van der Waals surface area contributed by atoms with E-state index in [-0.39, 0.29) is 5.75 Å². The van der Waals surface area contributed by atoms with Gasteiger partial charge in [-0.25, -0.2) is 0 Å². The zero-order chi connectivity index (χ0) is 19.2. The molecule has 0 unspecified atom stereocenters. The maximum Gasteiger partial charge on any atom is 0.141 e. The standard InChI is InChI=1S/C13H18N2O2.C7H8OS/c1-15-12-10(6-9(14)7-11(12)17)13(8-16)4-2-3-5-13;1-8-6-4-2-3-5-7(6)9/h6-8,15,17H,2-5,14H2,1H3;2-5,9H,1H3. The Kier molecular flexibility index (Phi) is 6.80. The molecule has 1 aliphatic rings. The second kappa shape index (κ2) is 8.85. The molecular weight excluding hydrogens is 348 g/mol. The van der Waals surface area contributed by atoms with Crippen molar-refractivity contribution >= 4 is 30.3 Å². The van der Waals surface area contributed by atoms with Crippen LogP contribution in [0.1, 0.15) is 31.2 Å². The van der Waals surface area contributed by atoms with Crippen LogP contribution in [0.2, 0.25) is 0 Å². The minimum atomic E-state index is -0.481. The van der Waals surface area contributed by atoms with Gasteiger partial charge in [0.05, 0.1) is 18.2 Å². The van der Waals surface area contributed by atoms with Gasteiger partial charge in [0.2, 0.25) is 0 Å². The fourth-order valence-electron chi connectivity index (χ4n) is 3.39. The Morgan fingerprint density at radius 2 is 1.92 bits per heavy atom. The van der Waals surface area contributed by atoms with Crippen LogP contribution in [-0.4, -0.2) is 25.6 Å². The molecule has 0 heterocycles. The lowest BCUT2D eigenvalue weighted by Gasteiger charge is -2.26. The summed E-state index contributed by atoms with van der Waals surface area (Å²) in [5, 5.41) is 12.8. The molecule has 0 atom stereocenters. The third-order valence-electron chi connectivity index (χ3n) is 4.73. The predicted octanol–water partition coefficient (Wildman–Crippen LogP) is 4.01. The molecule has 0 radical (unpaired) electrons. The van der Waals surface area contributed by atoms with Crippen LogP contribution in [0, 0.1) is 0 Å². The maximum atomic E-state index is 11.5. The average molecular weight is 375 g/mol. The van der Waals surface area contributed by atoms with Crippen LogP contribution in [0.15, 0.2) is 41.3 Å². The van der Waals surface area contributed by atoms with Crippen LogP contribution < -0.4 is 15.8 Å². The molecule has 3 rings (SSSR count). The molecule has 0 amide bonds. The van der Waals surface area contributed by atoms with Crippen molar-refractivity contribution in [2.75, 3.05) is 25.2 Å². The summed E-state index contributed by atoms with van der Waals surface area (Å²) in [5.74, 6) is 0.927. The van der Waals surface area contributed by atoms with E-state index in [1.807, 2.05) is 24.3 Å². The van der Waals surface area contributed by atoms with Crippen LogP contribution in [0.3, 0.4) is 0 Å². The first-order valence-corrected chi connectivity index (χ1v) is 9.01. The van der Waals surface area contributed by atoms with Gasteiger partial charge in [0.15, 0.2) is 0 Å². The molecule has 2 aromatic carbocycles. The van der Waals surface area contributed by atoms with Gasteiger partial charge in [0.1, 0.15) is 17.8 Å². The number of carbonyl (C=O) groups is 1. The van der Waals surface area contributed by atoms with Gasteiger partial charge in [0.25, 0.3) is 0 Å². The number of aromatic hydroxyl groups is 1. The van der Waals surface area contributed by atoms with Gasteiger partial charge in [-0.1, -0.05) is 25.0 Å². The molecule has 5 nitrogen and oxygen atoms in total. The van der Waals surface area contributed by atoms with E-state index in [1.165, 1.54) is 6.07 Å². The SMILES string of the molecule is CNc1c(O)cc(N)cc1C1(C=O)CCCC1.COc1ccccc1S. The highest BCUT2D eigenvalue weighted by Crippen LogP contribution is 2.45. The summed E-state index contributed by atoms with van der Waals surface area (Å²) in [7, 11) is 3.37. The number of para-hydroxylation sites is 1. The molecule has 0 aromatic heterocycles. The first-order chi connectivity index (χ1) is 12.5. The van der Waals surface area contributed by atoms with Gasteiger partial charge in [-0.2, -0.15) is 0 Å². The molecule has 0 saturated heterocycles. The van der Waals surface area contributed by atoms with E-state index in [0.29, 0.717) is 11.4 Å². The zero-order valence-electron chi connectivity index (χ0n) is 15.2. The van der Waals surface area contributed by atoms with E-state index in [2.05, 4.69) is 17.9 Å². The number of nitrogens with two attached hydrogens (primary N) is 1. The number of phenols is 1. The Bertz CT molecular complexity index is 759. The van der Waals surface area contributed by atoms with Gasteiger partial charge >= 0.3 is 0 Å². The maximum absolute atomic E-state index is 11.5. The van der Waals surface area contributed by atoms with Gasteiger partial charge < -0.3 is 25.7 Å². The third-order valence-corrected chi connectivity index (χ3v) is 5.10. The van der Waals surface area contributed by atoms with Crippen molar-refractivity contribution in [2.45, 2.75) is 36.0 Å². The number of nitrogen functional groups attached to an aromatic ring is 1. The van der Waals surface area contributed by atoms with Crippen molar-refractivity contribution in [2.24, 2.45) is 0 Å². The number of thiol groups is 1. The summed E-state index contributed by atoms with van der Waals surface area (Å²) < 4.78 is 4.97. The second-order valence-corrected chi connectivity index (χ2v) is 6.85. The molecule has 2 aromatic rings. The molecule has 1 aliphatic carbocycles. The van der Waals surface area contributed by atoms with Crippen LogP contribution in [-0.2, 0) is 10.2 Å². The Labute approximate surface area is 160 Å². The third kappa shape index (κ3) is 4.25. The quantitative estimate of drug-likeness (QED) is 0.281. The van der Waals surface area contributed by atoms with E-state index in [4.69, 9.17) is 10.5 Å². The van der Waals surface area contributed by atoms with E-state index in [0.717, 1.165) is 48.2 Å². The lowest BCUT2D eigenvalue weighted by atomic mass is 9.79. The number of anilines is 2. The first-order valence-electron chi connectivity index (χ1n) is 8.56. The topological polar surface area (TPSA) is 84.6 Å². The number of aldehydes is 1. The van der Waals surface area contributed by atoms with Gasteiger partial charge in [-0.05, 0) is 36.6 Å². The number of phenolic OH excluding ortho intramolecular Hbond substituents is 1. The molecule has 0 aliphatic heterocycles. The summed E-state index contributed by atoms with van der Waals surface area (Å²) in [6, 6.07) is 10.9. The Hall–Kier alpha value is -2.34. The van der Waals surface area contributed by atoms with Crippen molar-refractivity contribution in [3.05, 3.63) is 42.0 Å². The van der Waals surface area contributed by atoms with E-state index >= 15 is 0 Å². The smallest absolute Gasteiger partial charge is 0.141 e. The number of benzene rings is 2. The monoisotopic (exact) mass is 374 g/mol. The number of ether oxygens (including phenoxy) is 1. The second-order valence-electron chi connectivity index (χ2n) is 6.37. The molecule has 4 N–H and O–H groups in total. The number of hydrogen-bond donors (Lipinski definition) is 4. The van der Waals surface area contributed by atoms with Crippen molar-refractivity contribution in [3.63, 3.8) is 0 Å². The highest BCUT2D eigenvalue weighted by atomic mass is 32.1. The summed E-state index contributed by atoms with van der Waals surface area (Å²) in [6.07, 6.45) is 4.74. The Morgan fingerprint density at radius 1 is 1.27 bits per heavy atom. The Balaban J connectivity index is 0.000000228. The molecular formula is C20H26N2O3S. The number of methoxy groups -OCH3 is 1. The molecule has 140 valence electrons. The molecule has 6 heteroatoms. The number of nitrogens with one attached hydrogen (secondary N) is 1. The van der Waals surface area contributed by atoms with Crippen molar-refractivity contribution in [3.8, 4) is 11.5 Å². The lowest BCUT2D eigenvalue weighted by Crippen LogP contribution is -2.25. The van der Waals surface area contributed by atoms with Gasteiger partial charge in [-0.15, -0.1) is 12.6 Å². The van der Waals surface area contributed by atoms with Crippen molar-refractivity contribution < 1.29 is 14.6 Å². The highest BCUT2D eigenvalue weighted by molar-refractivity contribution is 7.80. The molecule has 1 saturated carbocycles. The Morgan fingerprint density at radius 3 is 2.42 bits per heavy atom. The lowest BCUT2D eigenvalue weighted by molar-refractivity contribution is -0.112. The summed E-state index contributed by atoms with van der Waals surface area (Å²) >= 11 is 4.15. The summed E-state index contributed by atoms with van der Waals surface area (Å²) in [6.45, 7) is 0. The van der Waals surface area contributed by atoms with Crippen LogP contribution >= 0.6 is 12.6 Å². The molecule has 0 spiro atoms. The zero-order valence-corrected chi connectivity index (χ0v) is 16.1. The fourth-order valence-corrected chi connectivity index (χ4v) is 3.64. The largest absolute Gasteiger partial charge is 0.506 e. The highest BCUT2D eigenvalue weighted by Gasteiger charge is 2.38. The first kappa shape index (κ1) is 20.0. The van der Waals surface area contributed by atoms with E-state index in [9.17, 15) is 9.90 Å². The predicted molar refractivity (Wildman–Crippen MR) is 109 cm³/mol. The number of rotatable bonds is 4. The van der Waals surface area contributed by atoms with Crippen LogP contribution in [0.5, 0.6) is 11.5 Å². The minimum Gasteiger partial charge on any atom is -0.506 e. The molecule has 0 bridgehead atoms. The molecule has 26 heavy (non-hydrogen) atoms. The van der Waals surface area contributed by atoms with Crippen molar-refractivity contribution in [1.29, 1.82) is 0 Å².